The Kier molecular flexibility index (Phi) is 4.43. The van der Waals surface area contributed by atoms with E-state index in [9.17, 15) is 4.79 Å². The summed E-state index contributed by atoms with van der Waals surface area (Å²) in [4.78, 5) is 12.2. The van der Waals surface area contributed by atoms with Crippen LogP contribution in [-0.2, 0) is 4.79 Å². The van der Waals surface area contributed by atoms with E-state index >= 15 is 0 Å². The van der Waals surface area contributed by atoms with Gasteiger partial charge in [0.2, 0.25) is 5.91 Å². The molecule has 1 saturated heterocycles. The minimum Gasteiger partial charge on any atom is -0.353 e. The maximum absolute atomic E-state index is 12.2. The molecule has 2 rings (SSSR count). The Morgan fingerprint density at radius 2 is 2.18 bits per heavy atom. The molecule has 0 aromatic carbocycles. The Bertz CT molecular complexity index is 267. The first kappa shape index (κ1) is 12.9. The zero-order valence-electron chi connectivity index (χ0n) is 11.2. The van der Waals surface area contributed by atoms with Crippen molar-refractivity contribution < 1.29 is 4.79 Å². The summed E-state index contributed by atoms with van der Waals surface area (Å²) >= 11 is 0. The molecule has 2 aliphatic rings. The molecular formula is C14H26N2O. The van der Waals surface area contributed by atoms with Gasteiger partial charge in [-0.05, 0) is 38.6 Å². The lowest BCUT2D eigenvalue weighted by Gasteiger charge is -2.30. The highest BCUT2D eigenvalue weighted by molar-refractivity contribution is 5.80. The zero-order chi connectivity index (χ0) is 12.3. The van der Waals surface area contributed by atoms with Gasteiger partial charge in [0, 0.05) is 12.1 Å². The second kappa shape index (κ2) is 5.85. The number of nitrogens with one attached hydrogen (secondary N) is 2. The van der Waals surface area contributed by atoms with Crippen molar-refractivity contribution in [2.75, 3.05) is 6.54 Å². The van der Waals surface area contributed by atoms with Gasteiger partial charge in [-0.1, -0.05) is 26.2 Å². The lowest BCUT2D eigenvalue weighted by atomic mass is 9.84. The molecule has 1 amide bonds. The molecule has 1 aliphatic carbocycles. The van der Waals surface area contributed by atoms with Crippen LogP contribution < -0.4 is 10.6 Å². The predicted molar refractivity (Wildman–Crippen MR) is 69.8 cm³/mol. The van der Waals surface area contributed by atoms with Crippen LogP contribution in [0.3, 0.4) is 0 Å². The lowest BCUT2D eigenvalue weighted by molar-refractivity contribution is -0.126. The number of hydrogen-bond donors (Lipinski definition) is 2. The second-order valence-corrected chi connectivity index (χ2v) is 5.78. The molecule has 0 aromatic rings. The van der Waals surface area contributed by atoms with Crippen molar-refractivity contribution in [1.82, 2.24) is 10.6 Å². The molecule has 1 heterocycles. The van der Waals surface area contributed by atoms with Gasteiger partial charge in [-0.25, -0.2) is 0 Å². The molecule has 98 valence electrons. The molecule has 1 saturated carbocycles. The lowest BCUT2D eigenvalue weighted by Crippen LogP contribution is -2.44. The fourth-order valence-corrected chi connectivity index (χ4v) is 3.32. The van der Waals surface area contributed by atoms with E-state index in [1.165, 1.54) is 32.1 Å². The summed E-state index contributed by atoms with van der Waals surface area (Å²) in [5, 5.41) is 6.62. The molecule has 0 aromatic heterocycles. The van der Waals surface area contributed by atoms with Gasteiger partial charge >= 0.3 is 0 Å². The van der Waals surface area contributed by atoms with Gasteiger partial charge < -0.3 is 10.6 Å². The number of amides is 1. The van der Waals surface area contributed by atoms with E-state index in [0.717, 1.165) is 18.9 Å². The molecule has 17 heavy (non-hydrogen) atoms. The van der Waals surface area contributed by atoms with E-state index in [2.05, 4.69) is 24.5 Å². The number of carbonyl (C=O) groups excluding carboxylic acids is 1. The van der Waals surface area contributed by atoms with Crippen LogP contribution in [0.5, 0.6) is 0 Å². The van der Waals surface area contributed by atoms with Crippen molar-refractivity contribution in [1.29, 1.82) is 0 Å². The Balaban J connectivity index is 1.81. The van der Waals surface area contributed by atoms with Crippen molar-refractivity contribution in [2.24, 2.45) is 11.8 Å². The Hall–Kier alpha value is -0.570. The summed E-state index contributed by atoms with van der Waals surface area (Å²) in [7, 11) is 0. The van der Waals surface area contributed by atoms with Gasteiger partial charge in [0.05, 0.1) is 5.92 Å². The van der Waals surface area contributed by atoms with Crippen molar-refractivity contribution in [3.8, 4) is 0 Å². The van der Waals surface area contributed by atoms with E-state index in [4.69, 9.17) is 0 Å². The maximum Gasteiger partial charge on any atom is 0.224 e. The minimum absolute atomic E-state index is 0.192. The van der Waals surface area contributed by atoms with Crippen LogP contribution in [0.25, 0.3) is 0 Å². The highest BCUT2D eigenvalue weighted by Crippen LogP contribution is 2.27. The molecule has 3 nitrogen and oxygen atoms in total. The van der Waals surface area contributed by atoms with Gasteiger partial charge in [-0.2, -0.15) is 0 Å². The van der Waals surface area contributed by atoms with Crippen molar-refractivity contribution >= 4 is 5.91 Å². The first-order chi connectivity index (χ1) is 8.20. The predicted octanol–water partition coefficient (Wildman–Crippen LogP) is 2.07. The molecule has 4 unspecified atom stereocenters. The highest BCUT2D eigenvalue weighted by atomic mass is 16.2. The molecule has 2 fully saturated rings. The van der Waals surface area contributed by atoms with E-state index < -0.39 is 0 Å². The molecule has 3 heteroatoms. The fourth-order valence-electron chi connectivity index (χ4n) is 3.32. The second-order valence-electron chi connectivity index (χ2n) is 5.78. The first-order valence-corrected chi connectivity index (χ1v) is 7.24. The summed E-state index contributed by atoms with van der Waals surface area (Å²) in [5.41, 5.74) is 0. The molecule has 0 bridgehead atoms. The number of hydrogen-bond acceptors (Lipinski definition) is 2. The van der Waals surface area contributed by atoms with Crippen molar-refractivity contribution in [3.05, 3.63) is 0 Å². The third-order valence-electron chi connectivity index (χ3n) is 4.57. The average Bonchev–Trinajstić information content (AvgIpc) is 2.76. The van der Waals surface area contributed by atoms with Gasteiger partial charge in [-0.15, -0.1) is 0 Å². The van der Waals surface area contributed by atoms with E-state index in [1.54, 1.807) is 0 Å². The Labute approximate surface area is 105 Å². The monoisotopic (exact) mass is 238 g/mol. The quantitative estimate of drug-likeness (QED) is 0.790. The fraction of sp³-hybridized carbons (Fsp3) is 0.929. The average molecular weight is 238 g/mol. The third-order valence-corrected chi connectivity index (χ3v) is 4.57. The summed E-state index contributed by atoms with van der Waals surface area (Å²) in [5.74, 6) is 1.30. The van der Waals surface area contributed by atoms with Gasteiger partial charge in [-0.3, -0.25) is 4.79 Å². The molecule has 0 spiro atoms. The topological polar surface area (TPSA) is 41.1 Å². The van der Waals surface area contributed by atoms with Gasteiger partial charge in [0.1, 0.15) is 0 Å². The molecule has 2 N–H and O–H groups in total. The minimum atomic E-state index is 0.192. The maximum atomic E-state index is 12.2. The van der Waals surface area contributed by atoms with Crippen molar-refractivity contribution in [2.45, 2.75) is 64.5 Å². The van der Waals surface area contributed by atoms with Crippen LogP contribution in [0.2, 0.25) is 0 Å². The Morgan fingerprint density at radius 1 is 1.35 bits per heavy atom. The normalized spacial score (nSPS) is 38.0. The largest absolute Gasteiger partial charge is 0.353 e. The van der Waals surface area contributed by atoms with Crippen LogP contribution in [0.1, 0.15) is 52.4 Å². The van der Waals surface area contributed by atoms with Crippen LogP contribution in [-0.4, -0.2) is 24.5 Å². The Morgan fingerprint density at radius 3 is 2.82 bits per heavy atom. The third kappa shape index (κ3) is 3.21. The van der Waals surface area contributed by atoms with Crippen LogP contribution in [0.15, 0.2) is 0 Å². The van der Waals surface area contributed by atoms with Crippen molar-refractivity contribution in [3.63, 3.8) is 0 Å². The van der Waals surface area contributed by atoms with E-state index in [-0.39, 0.29) is 11.8 Å². The van der Waals surface area contributed by atoms with Gasteiger partial charge in [0.25, 0.3) is 0 Å². The smallest absolute Gasteiger partial charge is 0.224 e. The van der Waals surface area contributed by atoms with Crippen LogP contribution in [0.4, 0.5) is 0 Å². The van der Waals surface area contributed by atoms with E-state index in [1.807, 2.05) is 0 Å². The molecule has 4 atom stereocenters. The molecule has 1 aliphatic heterocycles. The SMILES string of the molecule is CCC1CCCC(NC(=O)C2CCNC2C)C1. The standard InChI is InChI=1S/C14H26N2O/c1-3-11-5-4-6-12(9-11)16-14(17)13-7-8-15-10(13)2/h10-13,15H,3-9H2,1-2H3,(H,16,17). The first-order valence-electron chi connectivity index (χ1n) is 7.24. The summed E-state index contributed by atoms with van der Waals surface area (Å²) in [6.45, 7) is 5.37. The number of rotatable bonds is 3. The summed E-state index contributed by atoms with van der Waals surface area (Å²) in [6, 6.07) is 0.787. The number of carbonyl (C=O) groups is 1. The van der Waals surface area contributed by atoms with E-state index in [0.29, 0.717) is 12.1 Å². The molecular weight excluding hydrogens is 212 g/mol. The summed E-state index contributed by atoms with van der Waals surface area (Å²) in [6.07, 6.45) is 7.25. The molecule has 0 radical (unpaired) electrons. The van der Waals surface area contributed by atoms with Gasteiger partial charge in [0.15, 0.2) is 0 Å². The van der Waals surface area contributed by atoms with Crippen LogP contribution in [0, 0.1) is 11.8 Å². The highest BCUT2D eigenvalue weighted by Gasteiger charge is 2.31. The zero-order valence-corrected chi connectivity index (χ0v) is 11.2. The van der Waals surface area contributed by atoms with Crippen LogP contribution >= 0.6 is 0 Å². The summed E-state index contributed by atoms with van der Waals surface area (Å²) < 4.78 is 0.